The number of halogens is 4. The number of carbonyl (C=O) groups is 2. The van der Waals surface area contributed by atoms with Crippen LogP contribution in [0.3, 0.4) is 0 Å². The van der Waals surface area contributed by atoms with Gasteiger partial charge >= 0.3 is 35.5 Å². The Morgan fingerprint density at radius 2 is 1.23 bits per heavy atom. The molecule has 0 bridgehead atoms. The summed E-state index contributed by atoms with van der Waals surface area (Å²) in [6.07, 6.45) is 0. The SMILES string of the molecule is Cc1cc(I)ccc1Nc1ccc(Br)cc1C(=O)O.Cc1cc(I)ccc1Nc1ccc(Cl)cc1C(=O)[O-].[Na+]. The van der Waals surface area contributed by atoms with Gasteiger partial charge in [-0.25, -0.2) is 4.79 Å². The Morgan fingerprint density at radius 3 is 1.69 bits per heavy atom. The standard InChI is InChI=1S/C14H11BrINO2.C14H11ClINO2.Na/c2*1-8-6-10(16)3-5-12(8)17-13-4-2-9(15)7-11(13)14(18)19;/h2*2-7,17H,1H3,(H,18,19);/q;;+1/p-1. The summed E-state index contributed by atoms with van der Waals surface area (Å²) < 4.78 is 3.02. The van der Waals surface area contributed by atoms with Crippen LogP contribution in [0, 0.1) is 21.0 Å². The van der Waals surface area contributed by atoms with E-state index in [-0.39, 0.29) is 40.7 Å². The normalized spacial score (nSPS) is 10.0. The van der Waals surface area contributed by atoms with E-state index < -0.39 is 11.9 Å². The van der Waals surface area contributed by atoms with Gasteiger partial charge in [0, 0.05) is 39.3 Å². The molecule has 0 atom stereocenters. The second kappa shape index (κ2) is 15.6. The minimum absolute atomic E-state index is 0. The number of anilines is 4. The number of hydrogen-bond acceptors (Lipinski definition) is 5. The fourth-order valence-electron chi connectivity index (χ4n) is 3.42. The predicted octanol–water partition coefficient (Wildman–Crippen LogP) is 5.17. The average Bonchev–Trinajstić information content (AvgIpc) is 2.84. The van der Waals surface area contributed by atoms with Crippen LogP contribution in [-0.4, -0.2) is 17.0 Å². The van der Waals surface area contributed by atoms with Gasteiger partial charge in [0.2, 0.25) is 0 Å². The van der Waals surface area contributed by atoms with Gasteiger partial charge < -0.3 is 25.6 Å². The Kier molecular flexibility index (Phi) is 13.5. The van der Waals surface area contributed by atoms with Crippen LogP contribution in [0.2, 0.25) is 5.02 Å². The van der Waals surface area contributed by atoms with Gasteiger partial charge in [-0.1, -0.05) is 27.5 Å². The van der Waals surface area contributed by atoms with Crippen LogP contribution in [0.5, 0.6) is 0 Å². The molecule has 3 N–H and O–H groups in total. The Balaban J connectivity index is 0.000000267. The van der Waals surface area contributed by atoms with E-state index in [1.54, 1.807) is 24.3 Å². The number of aryl methyl sites for hydroxylation is 2. The van der Waals surface area contributed by atoms with E-state index in [1.165, 1.54) is 6.07 Å². The molecule has 4 rings (SSSR count). The van der Waals surface area contributed by atoms with E-state index in [9.17, 15) is 19.8 Å². The van der Waals surface area contributed by atoms with Crippen molar-refractivity contribution in [3.8, 4) is 0 Å². The Morgan fingerprint density at radius 1 is 0.769 bits per heavy atom. The molecule has 196 valence electrons. The monoisotopic (exact) mass is 840 g/mol. The number of carboxylic acid groups (broad SMARTS) is 2. The predicted molar refractivity (Wildman–Crippen MR) is 171 cm³/mol. The number of aromatic carboxylic acids is 2. The summed E-state index contributed by atoms with van der Waals surface area (Å²) in [5, 5.41) is 26.9. The summed E-state index contributed by atoms with van der Waals surface area (Å²) in [5.74, 6) is -2.21. The molecule has 4 aromatic rings. The van der Waals surface area contributed by atoms with Crippen molar-refractivity contribution < 1.29 is 49.4 Å². The van der Waals surface area contributed by atoms with Crippen molar-refractivity contribution >= 4 is 107 Å². The van der Waals surface area contributed by atoms with Gasteiger partial charge in [0.15, 0.2) is 0 Å². The molecule has 4 aromatic carbocycles. The first-order chi connectivity index (χ1) is 17.9. The van der Waals surface area contributed by atoms with Gasteiger partial charge in [0.25, 0.3) is 0 Å². The van der Waals surface area contributed by atoms with E-state index >= 15 is 0 Å². The molecule has 0 saturated heterocycles. The van der Waals surface area contributed by atoms with Crippen molar-refractivity contribution in [2.45, 2.75) is 13.8 Å². The van der Waals surface area contributed by atoms with Crippen LogP contribution in [-0.2, 0) is 0 Å². The van der Waals surface area contributed by atoms with Gasteiger partial charge in [-0.3, -0.25) is 0 Å². The van der Waals surface area contributed by atoms with E-state index in [1.807, 2.05) is 56.3 Å². The van der Waals surface area contributed by atoms with Gasteiger partial charge in [-0.2, -0.15) is 0 Å². The zero-order valence-corrected chi connectivity index (χ0v) is 29.8. The van der Waals surface area contributed by atoms with E-state index in [2.05, 4.69) is 71.7 Å². The smallest absolute Gasteiger partial charge is 0.545 e. The molecule has 0 radical (unpaired) electrons. The maximum absolute atomic E-state index is 11.2. The van der Waals surface area contributed by atoms with Gasteiger partial charge in [-0.15, -0.1) is 0 Å². The molecule has 0 aliphatic carbocycles. The summed E-state index contributed by atoms with van der Waals surface area (Å²) in [4.78, 5) is 22.3. The molecular formula is C28H21BrClI2N2NaO4. The molecule has 0 heterocycles. The maximum atomic E-state index is 11.2. The minimum Gasteiger partial charge on any atom is -0.545 e. The van der Waals surface area contributed by atoms with Gasteiger partial charge in [0.05, 0.1) is 17.2 Å². The third-order valence-electron chi connectivity index (χ3n) is 5.33. The van der Waals surface area contributed by atoms with Crippen molar-refractivity contribution in [3.63, 3.8) is 0 Å². The number of benzene rings is 4. The van der Waals surface area contributed by atoms with Crippen LogP contribution in [0.4, 0.5) is 22.7 Å². The molecule has 6 nitrogen and oxygen atoms in total. The zero-order chi connectivity index (χ0) is 28.0. The first-order valence-corrected chi connectivity index (χ1v) is 14.4. The fraction of sp³-hybridized carbons (Fsp3) is 0.0714. The Labute approximate surface area is 289 Å². The molecule has 0 aromatic heterocycles. The number of carboxylic acids is 2. The van der Waals surface area contributed by atoms with Crippen LogP contribution in [0.1, 0.15) is 31.8 Å². The molecule has 0 spiro atoms. The van der Waals surface area contributed by atoms with Crippen LogP contribution in [0.15, 0.2) is 77.3 Å². The number of carbonyl (C=O) groups excluding carboxylic acids is 1. The van der Waals surface area contributed by atoms with Crippen molar-refractivity contribution in [3.05, 3.63) is 112 Å². The average molecular weight is 842 g/mol. The molecule has 0 unspecified atom stereocenters. The second-order valence-electron chi connectivity index (χ2n) is 8.14. The topological polar surface area (TPSA) is 101 Å². The van der Waals surface area contributed by atoms with Crippen molar-refractivity contribution in [2.24, 2.45) is 0 Å². The Hall–Kier alpha value is -1.35. The largest absolute Gasteiger partial charge is 1.00 e. The maximum Gasteiger partial charge on any atom is 1.00 e. The third-order valence-corrected chi connectivity index (χ3v) is 7.40. The third kappa shape index (κ3) is 9.91. The van der Waals surface area contributed by atoms with Crippen LogP contribution < -0.4 is 45.3 Å². The molecule has 0 aliphatic rings. The summed E-state index contributed by atoms with van der Waals surface area (Å²) in [7, 11) is 0. The van der Waals surface area contributed by atoms with E-state index in [0.29, 0.717) is 16.4 Å². The molecule has 39 heavy (non-hydrogen) atoms. The van der Waals surface area contributed by atoms with Gasteiger partial charge in [0.1, 0.15) is 0 Å². The summed E-state index contributed by atoms with van der Waals surface area (Å²) in [5.41, 5.74) is 5.21. The van der Waals surface area contributed by atoms with Gasteiger partial charge in [-0.05, 0) is 143 Å². The molecular weight excluding hydrogens is 820 g/mol. The first-order valence-electron chi connectivity index (χ1n) is 11.0. The molecule has 0 fully saturated rings. The van der Waals surface area contributed by atoms with E-state index in [4.69, 9.17) is 11.6 Å². The zero-order valence-electron chi connectivity index (χ0n) is 21.1. The first kappa shape index (κ1) is 33.9. The van der Waals surface area contributed by atoms with Crippen LogP contribution in [0.25, 0.3) is 0 Å². The summed E-state index contributed by atoms with van der Waals surface area (Å²) in [6.45, 7) is 3.95. The minimum atomic E-state index is -1.26. The summed E-state index contributed by atoms with van der Waals surface area (Å²) in [6, 6.07) is 21.6. The molecule has 11 heteroatoms. The Bertz CT molecular complexity index is 1410. The molecule has 0 saturated carbocycles. The van der Waals surface area contributed by atoms with Crippen LogP contribution >= 0.6 is 72.7 Å². The summed E-state index contributed by atoms with van der Waals surface area (Å²) >= 11 is 13.6. The number of hydrogen-bond donors (Lipinski definition) is 3. The van der Waals surface area contributed by atoms with Crippen molar-refractivity contribution in [2.75, 3.05) is 10.6 Å². The van der Waals surface area contributed by atoms with E-state index in [0.717, 1.165) is 34.1 Å². The molecule has 0 aliphatic heterocycles. The molecule has 0 amide bonds. The van der Waals surface area contributed by atoms with Crippen molar-refractivity contribution in [1.29, 1.82) is 0 Å². The quantitative estimate of drug-likeness (QED) is 0.183. The second-order valence-corrected chi connectivity index (χ2v) is 12.0. The number of nitrogens with one attached hydrogen (secondary N) is 2. The van der Waals surface area contributed by atoms with Crippen molar-refractivity contribution in [1.82, 2.24) is 0 Å². The fourth-order valence-corrected chi connectivity index (χ4v) is 5.25. The number of rotatable bonds is 6.